The first-order valence-corrected chi connectivity index (χ1v) is 23.1. The number of rotatable bonds is 9. The summed E-state index contributed by atoms with van der Waals surface area (Å²) in [6.07, 6.45) is 0. The number of hydrogen-bond acceptors (Lipinski definition) is 6. The Morgan fingerprint density at radius 1 is 0.439 bits per heavy atom. The Labute approximate surface area is 343 Å². The molecule has 5 aromatic rings. The van der Waals surface area contributed by atoms with Crippen LogP contribution in [0.15, 0.2) is 154 Å². The molecule has 0 aromatic heterocycles. The zero-order valence-electron chi connectivity index (χ0n) is 31.6. The third-order valence-corrected chi connectivity index (χ3v) is 14.6. The Bertz CT molecular complexity index is 2050. The van der Waals surface area contributed by atoms with E-state index in [1.165, 1.54) is 33.0 Å². The molecule has 0 aliphatic heterocycles. The number of benzene rings is 5. The highest BCUT2D eigenvalue weighted by molar-refractivity contribution is 7.97. The fourth-order valence-electron chi connectivity index (χ4n) is 4.71. The summed E-state index contributed by atoms with van der Waals surface area (Å²) in [5.41, 5.74) is 3.31. The maximum Gasteiger partial charge on any atom is 0.403 e. The number of alkyl halides is 6. The summed E-state index contributed by atoms with van der Waals surface area (Å²) in [7, 11) is -14.7. The van der Waals surface area contributed by atoms with Gasteiger partial charge >= 0.3 is 37.6 Å². The molecule has 57 heavy (non-hydrogen) atoms. The van der Waals surface area contributed by atoms with Crippen LogP contribution in [-0.4, -0.2) is 42.4 Å². The van der Waals surface area contributed by atoms with Gasteiger partial charge in [0.05, 0.1) is 10.9 Å². The van der Waals surface area contributed by atoms with Crippen LogP contribution >= 0.6 is 0 Å². The normalized spacial score (nSPS) is 12.9. The number of halogens is 7. The lowest BCUT2D eigenvalue weighted by Crippen LogP contribution is -3.61. The summed E-state index contributed by atoms with van der Waals surface area (Å²) in [6, 6.07) is 50.6. The molecule has 308 valence electrons. The highest BCUT2D eigenvalue weighted by atomic mass is 127. The van der Waals surface area contributed by atoms with Crippen LogP contribution in [0, 0.1) is 7.14 Å². The maximum absolute atomic E-state index is 12.3. The summed E-state index contributed by atoms with van der Waals surface area (Å²) in [5, 5.41) is -13.9. The van der Waals surface area contributed by atoms with Crippen molar-refractivity contribution >= 4 is 31.1 Å². The van der Waals surface area contributed by atoms with Gasteiger partial charge in [0.25, 0.3) is 0 Å². The van der Waals surface area contributed by atoms with Gasteiger partial charge in [0.15, 0.2) is 42.1 Å². The van der Waals surface area contributed by atoms with Gasteiger partial charge in [0.2, 0.25) is 0 Å². The predicted molar refractivity (Wildman–Crippen MR) is 203 cm³/mol. The van der Waals surface area contributed by atoms with Gasteiger partial charge in [-0.15, -0.1) is 0 Å². The quantitative estimate of drug-likeness (QED) is 0.0675. The van der Waals surface area contributed by atoms with Crippen LogP contribution in [0.5, 0.6) is 0 Å². The topological polar surface area (TPSA) is 114 Å². The highest BCUT2D eigenvalue weighted by Gasteiger charge is 2.78. The van der Waals surface area contributed by atoms with Gasteiger partial charge in [-0.25, -0.2) is 16.8 Å². The molecule has 6 nitrogen and oxygen atoms in total. The smallest absolute Gasteiger partial charge is 0.403 e. The number of hydrogen-bond donors (Lipinski definition) is 0. The molecule has 0 bridgehead atoms. The SMILES string of the molecule is CC(C)(C)c1ccc([I+]c2ccc(C(C)(C)C)cc2)cc1.O=S(=O)([O-])C(F)(F)C(F)(F)C(F)(F)S(=O)(=O)[O-].c1ccc([S+](c2ccccc2)c2ccccc2)cc1. The molecule has 5 aromatic carbocycles. The van der Waals surface area contributed by atoms with E-state index in [1.54, 1.807) is 0 Å². The van der Waals surface area contributed by atoms with E-state index < -0.39 is 36.7 Å². The van der Waals surface area contributed by atoms with Crippen molar-refractivity contribution in [2.75, 3.05) is 0 Å². The van der Waals surface area contributed by atoms with Crippen LogP contribution in [-0.2, 0) is 42.0 Å². The molecule has 0 fully saturated rings. The molecule has 0 aliphatic rings. The molecule has 0 saturated carbocycles. The van der Waals surface area contributed by atoms with E-state index >= 15 is 0 Å². The van der Waals surface area contributed by atoms with Crippen molar-refractivity contribution < 1.29 is 73.5 Å². The predicted octanol–water partition coefficient (Wildman–Crippen LogP) is 7.09. The molecule has 0 aliphatic carbocycles. The van der Waals surface area contributed by atoms with Crippen LogP contribution in [0.1, 0.15) is 52.7 Å². The fraction of sp³-hybridized carbons (Fsp3) is 0.268. The van der Waals surface area contributed by atoms with Gasteiger partial charge in [0, 0.05) is 0 Å². The molecule has 0 N–H and O–H groups in total. The zero-order chi connectivity index (χ0) is 43.1. The zero-order valence-corrected chi connectivity index (χ0v) is 36.2. The Morgan fingerprint density at radius 3 is 0.895 bits per heavy atom. The van der Waals surface area contributed by atoms with E-state index in [-0.39, 0.29) is 42.9 Å². The van der Waals surface area contributed by atoms with Gasteiger partial charge in [-0.1, -0.05) is 120 Å². The minimum absolute atomic E-state index is 0.0146. The molecule has 0 radical (unpaired) electrons. The largest absolute Gasteiger partial charge is 0.743 e. The van der Waals surface area contributed by atoms with Crippen molar-refractivity contribution in [3.63, 3.8) is 0 Å². The second-order valence-electron chi connectivity index (χ2n) is 14.4. The standard InChI is InChI=1S/C20H26I.C18H15S.C3H2F6O6S2/c1-19(2,3)15-7-11-17(12-8-15)21-18-13-9-16(10-14-18)20(4,5)6;1-4-10-16(11-5-1)19(17-12-6-2-7-13-17)18-14-8-3-9-15-18;4-1(5,2(6,7)16(10,11)12)3(8,9)17(13,14)15/h7-14H,1-6H3;1-15H;(H,10,11,12)(H,13,14,15)/q2*+1;/p-2. The lowest BCUT2D eigenvalue weighted by molar-refractivity contribution is -0.597. The lowest BCUT2D eigenvalue weighted by Gasteiger charge is -2.34. The van der Waals surface area contributed by atoms with Crippen LogP contribution in [0.25, 0.3) is 0 Å². The van der Waals surface area contributed by atoms with Crippen molar-refractivity contribution in [1.82, 2.24) is 0 Å². The first-order chi connectivity index (χ1) is 26.1. The first-order valence-electron chi connectivity index (χ1n) is 16.9. The summed E-state index contributed by atoms with van der Waals surface area (Å²) < 4.78 is 134. The lowest BCUT2D eigenvalue weighted by atomic mass is 9.87. The molecule has 5 rings (SSSR count). The molecule has 0 spiro atoms. The third-order valence-electron chi connectivity index (χ3n) is 7.93. The summed E-state index contributed by atoms with van der Waals surface area (Å²) in [6.45, 7) is 13.6. The maximum atomic E-state index is 12.3. The van der Waals surface area contributed by atoms with Gasteiger partial charge < -0.3 is 9.11 Å². The Morgan fingerprint density at radius 2 is 0.684 bits per heavy atom. The van der Waals surface area contributed by atoms with Crippen molar-refractivity contribution in [3.05, 3.63) is 158 Å². The Hall–Kier alpha value is -3.42. The molecule has 0 unspecified atom stereocenters. The average Bonchev–Trinajstić information content (AvgIpc) is 3.12. The Kier molecular flexibility index (Phi) is 15.7. The minimum atomic E-state index is -7.32. The third kappa shape index (κ3) is 12.3. The van der Waals surface area contributed by atoms with E-state index in [1.807, 2.05) is 0 Å². The van der Waals surface area contributed by atoms with Crippen LogP contribution in [0.3, 0.4) is 0 Å². The molecular formula is C41H41F6IO6S3. The second-order valence-corrected chi connectivity index (χ2v) is 22.3. The van der Waals surface area contributed by atoms with Gasteiger partial charge in [0.1, 0.15) is 0 Å². The molecule has 0 saturated heterocycles. The summed E-state index contributed by atoms with van der Waals surface area (Å²) in [4.78, 5) is 4.08. The van der Waals surface area contributed by atoms with Crippen molar-refractivity contribution in [3.8, 4) is 0 Å². The minimum Gasteiger partial charge on any atom is -0.743 e. The van der Waals surface area contributed by atoms with E-state index in [2.05, 4.69) is 181 Å². The molecule has 16 heteroatoms. The molecular weight excluding hydrogens is 926 g/mol. The van der Waals surface area contributed by atoms with E-state index in [0.29, 0.717) is 0 Å². The summed E-state index contributed by atoms with van der Waals surface area (Å²) >= 11 is -0.0703. The van der Waals surface area contributed by atoms with Crippen LogP contribution in [0.2, 0.25) is 0 Å². The van der Waals surface area contributed by atoms with Crippen LogP contribution < -0.4 is 21.2 Å². The fourth-order valence-corrected chi connectivity index (χ4v) is 9.92. The van der Waals surface area contributed by atoms with E-state index in [0.717, 1.165) is 0 Å². The average molecular weight is 967 g/mol. The van der Waals surface area contributed by atoms with Crippen molar-refractivity contribution in [1.29, 1.82) is 0 Å². The molecule has 0 atom stereocenters. The van der Waals surface area contributed by atoms with E-state index in [9.17, 15) is 52.3 Å². The molecule has 0 amide bonds. The highest BCUT2D eigenvalue weighted by Crippen LogP contribution is 2.50. The van der Waals surface area contributed by atoms with Gasteiger partial charge in [-0.05, 0) is 82.6 Å². The monoisotopic (exact) mass is 966 g/mol. The van der Waals surface area contributed by atoms with Gasteiger partial charge in [-0.3, -0.25) is 0 Å². The van der Waals surface area contributed by atoms with Crippen molar-refractivity contribution in [2.24, 2.45) is 0 Å². The first kappa shape index (κ1) is 48.0. The summed E-state index contributed by atoms with van der Waals surface area (Å²) in [5.74, 6) is -7.21. The Balaban J connectivity index is 0.000000231. The van der Waals surface area contributed by atoms with Crippen molar-refractivity contribution in [2.45, 2.75) is 83.5 Å². The second kappa shape index (κ2) is 18.7. The van der Waals surface area contributed by atoms with Gasteiger partial charge in [-0.2, -0.15) is 26.3 Å². The van der Waals surface area contributed by atoms with Crippen LogP contribution in [0.4, 0.5) is 26.3 Å². The van der Waals surface area contributed by atoms with E-state index in [4.69, 9.17) is 0 Å². The molecule has 0 heterocycles.